The normalized spacial score (nSPS) is 20.4. The van der Waals surface area contributed by atoms with Crippen molar-refractivity contribution < 1.29 is 4.21 Å². The minimum atomic E-state index is -0.875. The van der Waals surface area contributed by atoms with Crippen LogP contribution in [0.25, 0.3) is 0 Å². The molecule has 0 amide bonds. The van der Waals surface area contributed by atoms with Crippen LogP contribution >= 0.6 is 24.0 Å². The second-order valence-electron chi connectivity index (χ2n) is 8.28. The van der Waals surface area contributed by atoms with Crippen LogP contribution in [0, 0.1) is 0 Å². The van der Waals surface area contributed by atoms with Crippen LogP contribution in [0.3, 0.4) is 0 Å². The van der Waals surface area contributed by atoms with E-state index in [9.17, 15) is 4.21 Å². The van der Waals surface area contributed by atoms with Crippen LogP contribution in [0.15, 0.2) is 35.3 Å². The molecule has 0 bridgehead atoms. The molecule has 2 N–H and O–H groups in total. The van der Waals surface area contributed by atoms with E-state index in [2.05, 4.69) is 27.4 Å². The van der Waals surface area contributed by atoms with Gasteiger partial charge in [0.25, 0.3) is 0 Å². The van der Waals surface area contributed by atoms with Gasteiger partial charge in [-0.05, 0) is 38.2 Å². The number of halogens is 1. The summed E-state index contributed by atoms with van der Waals surface area (Å²) in [7, 11) is -0.875. The van der Waals surface area contributed by atoms with Crippen molar-refractivity contribution in [2.75, 3.05) is 31.9 Å². The first-order chi connectivity index (χ1) is 14.2. The van der Waals surface area contributed by atoms with Crippen LogP contribution in [0.4, 0.5) is 0 Å². The van der Waals surface area contributed by atoms with E-state index in [1.54, 1.807) is 0 Å². The van der Waals surface area contributed by atoms with Gasteiger partial charge in [0.05, 0.1) is 6.54 Å². The summed E-state index contributed by atoms with van der Waals surface area (Å²) in [4.78, 5) is 7.40. The molecule has 30 heavy (non-hydrogen) atoms. The third-order valence-electron chi connectivity index (χ3n) is 6.07. The van der Waals surface area contributed by atoms with Gasteiger partial charge in [0.2, 0.25) is 0 Å². The number of hydrogen-bond donors (Lipinski definition) is 2. The lowest BCUT2D eigenvalue weighted by Crippen LogP contribution is -2.51. The Morgan fingerprint density at radius 3 is 2.47 bits per heavy atom. The standard InChI is InChI=1S/C23H38N4OS.HI/c1-2-24-23(25-15-18-29(28)19-20-9-5-3-6-10-20)26-21-13-16-27(17-14-21)22-11-7-4-8-12-22;/h3,5-6,9-10,21-22H,2,4,7-8,11-19H2,1H3,(H2,24,25,26);1H. The molecular weight excluding hydrogens is 507 g/mol. The Morgan fingerprint density at radius 1 is 1.10 bits per heavy atom. The monoisotopic (exact) mass is 546 g/mol. The van der Waals surface area contributed by atoms with Crippen LogP contribution in [0.2, 0.25) is 0 Å². The van der Waals surface area contributed by atoms with Crippen molar-refractivity contribution in [3.05, 3.63) is 35.9 Å². The van der Waals surface area contributed by atoms with Gasteiger partial charge in [-0.1, -0.05) is 49.6 Å². The van der Waals surface area contributed by atoms with E-state index in [-0.39, 0.29) is 24.0 Å². The first-order valence-corrected chi connectivity index (χ1v) is 12.9. The first kappa shape index (κ1) is 25.6. The van der Waals surface area contributed by atoms with E-state index in [1.165, 1.54) is 58.0 Å². The first-order valence-electron chi connectivity index (χ1n) is 11.4. The topological polar surface area (TPSA) is 56.7 Å². The molecule has 1 saturated heterocycles. The number of rotatable bonds is 8. The Hall–Kier alpha value is -0.670. The SMILES string of the molecule is CCNC(=NCCS(=O)Cc1ccccc1)NC1CCN(C2CCCCC2)CC1.I. The number of likely N-dealkylation sites (tertiary alicyclic amines) is 1. The minimum Gasteiger partial charge on any atom is -0.357 e. The molecule has 1 aromatic carbocycles. The van der Waals surface area contributed by atoms with Gasteiger partial charge in [0.15, 0.2) is 5.96 Å². The van der Waals surface area contributed by atoms with Crippen LogP contribution in [-0.4, -0.2) is 59.1 Å². The maximum atomic E-state index is 12.3. The zero-order chi connectivity index (χ0) is 20.3. The highest BCUT2D eigenvalue weighted by Gasteiger charge is 2.26. The summed E-state index contributed by atoms with van der Waals surface area (Å²) in [5.41, 5.74) is 1.13. The lowest BCUT2D eigenvalue weighted by molar-refractivity contribution is 0.119. The Labute approximate surface area is 202 Å². The van der Waals surface area contributed by atoms with E-state index >= 15 is 0 Å². The van der Waals surface area contributed by atoms with Crippen molar-refractivity contribution in [3.63, 3.8) is 0 Å². The van der Waals surface area contributed by atoms with Gasteiger partial charge in [-0.3, -0.25) is 9.20 Å². The summed E-state index contributed by atoms with van der Waals surface area (Å²) >= 11 is 0. The number of nitrogens with one attached hydrogen (secondary N) is 2. The third kappa shape index (κ3) is 8.83. The molecule has 7 heteroatoms. The lowest BCUT2D eigenvalue weighted by atomic mass is 9.92. The van der Waals surface area contributed by atoms with Crippen molar-refractivity contribution in [1.82, 2.24) is 15.5 Å². The Balaban J connectivity index is 0.00000320. The van der Waals surface area contributed by atoms with Crippen molar-refractivity contribution in [2.45, 2.75) is 69.7 Å². The van der Waals surface area contributed by atoms with Crippen LogP contribution in [0.1, 0.15) is 57.4 Å². The summed E-state index contributed by atoms with van der Waals surface area (Å²) in [6.45, 7) is 5.93. The summed E-state index contributed by atoms with van der Waals surface area (Å²) in [6, 6.07) is 11.4. The summed E-state index contributed by atoms with van der Waals surface area (Å²) in [6.07, 6.45) is 9.39. The summed E-state index contributed by atoms with van der Waals surface area (Å²) in [5.74, 6) is 2.09. The van der Waals surface area contributed by atoms with E-state index < -0.39 is 10.8 Å². The molecule has 1 saturated carbocycles. The number of aliphatic imine (C=N–C) groups is 1. The lowest BCUT2D eigenvalue weighted by Gasteiger charge is -2.39. The molecule has 2 fully saturated rings. The van der Waals surface area contributed by atoms with Crippen molar-refractivity contribution in [2.24, 2.45) is 4.99 Å². The fraction of sp³-hybridized carbons (Fsp3) is 0.696. The minimum absolute atomic E-state index is 0. The average molecular weight is 547 g/mol. The van der Waals surface area contributed by atoms with Crippen LogP contribution in [-0.2, 0) is 16.6 Å². The molecule has 1 unspecified atom stereocenters. The number of guanidine groups is 1. The quantitative estimate of drug-likeness (QED) is 0.295. The fourth-order valence-corrected chi connectivity index (χ4v) is 5.46. The van der Waals surface area contributed by atoms with Crippen molar-refractivity contribution >= 4 is 40.7 Å². The van der Waals surface area contributed by atoms with Gasteiger partial charge < -0.3 is 15.5 Å². The summed E-state index contributed by atoms with van der Waals surface area (Å²) < 4.78 is 12.3. The van der Waals surface area contributed by atoms with Gasteiger partial charge in [0, 0.05) is 54.0 Å². The molecule has 1 aliphatic carbocycles. The van der Waals surface area contributed by atoms with Gasteiger partial charge in [-0.25, -0.2) is 0 Å². The molecular formula is C23H39IN4OS. The molecule has 5 nitrogen and oxygen atoms in total. The fourth-order valence-electron chi connectivity index (χ4n) is 4.46. The highest BCUT2D eigenvalue weighted by molar-refractivity contribution is 14.0. The maximum absolute atomic E-state index is 12.3. The largest absolute Gasteiger partial charge is 0.357 e. The molecule has 1 aromatic rings. The third-order valence-corrected chi connectivity index (χ3v) is 7.36. The number of benzene rings is 1. The average Bonchev–Trinajstić information content (AvgIpc) is 2.76. The predicted molar refractivity (Wildman–Crippen MR) is 139 cm³/mol. The summed E-state index contributed by atoms with van der Waals surface area (Å²) in [5, 5.41) is 6.97. The Kier molecular flexibility index (Phi) is 12.3. The molecule has 0 aromatic heterocycles. The van der Waals surface area contributed by atoms with Gasteiger partial charge in [-0.15, -0.1) is 24.0 Å². The predicted octanol–water partition coefficient (Wildman–Crippen LogP) is 3.91. The van der Waals surface area contributed by atoms with Crippen LogP contribution in [0.5, 0.6) is 0 Å². The van der Waals surface area contributed by atoms with Gasteiger partial charge in [-0.2, -0.15) is 0 Å². The Bertz CT molecular complexity index is 644. The maximum Gasteiger partial charge on any atom is 0.191 e. The molecule has 0 radical (unpaired) electrons. The van der Waals surface area contributed by atoms with E-state index in [1.807, 2.05) is 30.3 Å². The highest BCUT2D eigenvalue weighted by atomic mass is 127. The van der Waals surface area contributed by atoms with Gasteiger partial charge in [0.1, 0.15) is 0 Å². The second-order valence-corrected chi connectivity index (χ2v) is 9.86. The van der Waals surface area contributed by atoms with E-state index in [0.717, 1.165) is 24.1 Å². The highest BCUT2D eigenvalue weighted by Crippen LogP contribution is 2.25. The molecule has 170 valence electrons. The smallest absolute Gasteiger partial charge is 0.191 e. The van der Waals surface area contributed by atoms with Crippen molar-refractivity contribution in [1.29, 1.82) is 0 Å². The number of hydrogen-bond acceptors (Lipinski definition) is 3. The van der Waals surface area contributed by atoms with Crippen LogP contribution < -0.4 is 10.6 Å². The van der Waals surface area contributed by atoms with Gasteiger partial charge >= 0.3 is 0 Å². The molecule has 1 atom stereocenters. The van der Waals surface area contributed by atoms with Crippen molar-refractivity contribution in [3.8, 4) is 0 Å². The zero-order valence-corrected chi connectivity index (χ0v) is 21.5. The van der Waals surface area contributed by atoms with E-state index in [0.29, 0.717) is 24.1 Å². The number of piperidine rings is 1. The second kappa shape index (κ2) is 14.4. The van der Waals surface area contributed by atoms with E-state index in [4.69, 9.17) is 0 Å². The number of nitrogens with zero attached hydrogens (tertiary/aromatic N) is 2. The molecule has 1 aliphatic heterocycles. The zero-order valence-electron chi connectivity index (χ0n) is 18.4. The Morgan fingerprint density at radius 2 is 1.80 bits per heavy atom. The molecule has 0 spiro atoms. The molecule has 3 rings (SSSR count). The molecule has 1 heterocycles. The molecule has 2 aliphatic rings.